The van der Waals surface area contributed by atoms with E-state index >= 15 is 0 Å². The van der Waals surface area contributed by atoms with Gasteiger partial charge in [-0.1, -0.05) is 36.4 Å². The molecule has 2 aromatic heterocycles. The quantitative estimate of drug-likeness (QED) is 0.631. The zero-order chi connectivity index (χ0) is 20.9. The van der Waals surface area contributed by atoms with Crippen LogP contribution in [-0.4, -0.2) is 59.0 Å². The minimum atomic E-state index is -0.0768. The summed E-state index contributed by atoms with van der Waals surface area (Å²) in [4.78, 5) is 16.3. The molecule has 0 radical (unpaired) electrons. The number of carbonyl (C=O) groups is 1. The van der Waals surface area contributed by atoms with Crippen molar-refractivity contribution >= 4 is 17.2 Å². The lowest BCUT2D eigenvalue weighted by Gasteiger charge is -2.35. The van der Waals surface area contributed by atoms with Gasteiger partial charge < -0.3 is 10.1 Å². The number of nitrogens with one attached hydrogen (secondary N) is 1. The molecular weight excluding hydrogens is 396 g/mol. The normalized spacial score (nSPS) is 19.7. The first kappa shape index (κ1) is 20.8. The van der Waals surface area contributed by atoms with Crippen LogP contribution >= 0.6 is 11.3 Å². The molecule has 0 saturated carbocycles. The van der Waals surface area contributed by atoms with Crippen LogP contribution in [0.25, 0.3) is 10.6 Å². The van der Waals surface area contributed by atoms with E-state index in [9.17, 15) is 4.79 Å². The Balaban J connectivity index is 1.44. The molecule has 1 fully saturated rings. The van der Waals surface area contributed by atoms with Crippen LogP contribution in [0, 0.1) is 0 Å². The van der Waals surface area contributed by atoms with Crippen LogP contribution < -0.4 is 5.32 Å². The summed E-state index contributed by atoms with van der Waals surface area (Å²) in [5.41, 5.74) is 2.52. The Morgan fingerprint density at radius 1 is 1.17 bits per heavy atom. The molecule has 4 rings (SSSR count). The predicted molar refractivity (Wildman–Crippen MR) is 120 cm³/mol. The largest absolute Gasteiger partial charge is 0.373 e. The summed E-state index contributed by atoms with van der Waals surface area (Å²) in [5.74, 6) is -0.0768. The molecule has 0 bridgehead atoms. The summed E-state index contributed by atoms with van der Waals surface area (Å²) in [7, 11) is 0. The van der Waals surface area contributed by atoms with Crippen molar-refractivity contribution in [1.29, 1.82) is 0 Å². The van der Waals surface area contributed by atoms with Crippen LogP contribution in [0.3, 0.4) is 0 Å². The van der Waals surface area contributed by atoms with Crippen molar-refractivity contribution in [1.82, 2.24) is 20.0 Å². The second kappa shape index (κ2) is 9.55. The third-order valence-corrected chi connectivity index (χ3v) is 6.03. The van der Waals surface area contributed by atoms with E-state index in [2.05, 4.69) is 36.2 Å². The highest BCUT2D eigenvalue weighted by Gasteiger charge is 2.23. The lowest BCUT2D eigenvalue weighted by atomic mass is 10.2. The molecule has 0 aliphatic carbocycles. The summed E-state index contributed by atoms with van der Waals surface area (Å²) in [6.45, 7) is 8.04. The first-order valence-electron chi connectivity index (χ1n) is 10.4. The van der Waals surface area contributed by atoms with Crippen LogP contribution in [0.4, 0.5) is 0 Å². The van der Waals surface area contributed by atoms with Crippen molar-refractivity contribution in [3.63, 3.8) is 0 Å². The lowest BCUT2D eigenvalue weighted by Crippen LogP contribution is -2.47. The Bertz CT molecular complexity index is 945. The zero-order valence-electron chi connectivity index (χ0n) is 17.5. The van der Waals surface area contributed by atoms with Gasteiger partial charge in [0.25, 0.3) is 5.91 Å². The Morgan fingerprint density at radius 2 is 1.93 bits per heavy atom. The van der Waals surface area contributed by atoms with E-state index in [1.165, 1.54) is 0 Å². The SMILES string of the molecule is CC1CN(CCNC(=O)c2cn(Cc3ccccc3)nc2-c2cccs2)CC(C)O1. The number of rotatable bonds is 7. The van der Waals surface area contributed by atoms with E-state index in [0.29, 0.717) is 18.7 Å². The van der Waals surface area contributed by atoms with E-state index in [1.54, 1.807) is 11.3 Å². The Hall–Kier alpha value is -2.48. The van der Waals surface area contributed by atoms with E-state index < -0.39 is 0 Å². The number of morpholine rings is 1. The molecule has 1 aliphatic rings. The average molecular weight is 425 g/mol. The first-order valence-corrected chi connectivity index (χ1v) is 11.3. The van der Waals surface area contributed by atoms with Gasteiger partial charge in [-0.05, 0) is 30.9 Å². The summed E-state index contributed by atoms with van der Waals surface area (Å²) >= 11 is 1.60. The monoisotopic (exact) mass is 424 g/mol. The fourth-order valence-corrected chi connectivity index (χ4v) is 4.65. The molecule has 2 unspecified atom stereocenters. The second-order valence-corrected chi connectivity index (χ2v) is 8.77. The summed E-state index contributed by atoms with van der Waals surface area (Å²) in [6.07, 6.45) is 2.31. The third kappa shape index (κ3) is 5.16. The number of aromatic nitrogens is 2. The molecule has 6 nitrogen and oxygen atoms in total. The van der Waals surface area contributed by atoms with Gasteiger partial charge in [-0.15, -0.1) is 11.3 Å². The maximum atomic E-state index is 13.0. The number of hydrogen-bond acceptors (Lipinski definition) is 5. The number of carbonyl (C=O) groups excluding carboxylic acids is 1. The minimum Gasteiger partial charge on any atom is -0.373 e. The molecular formula is C23H28N4O2S. The molecule has 2 atom stereocenters. The molecule has 1 amide bonds. The van der Waals surface area contributed by atoms with Gasteiger partial charge in [0.2, 0.25) is 0 Å². The molecule has 30 heavy (non-hydrogen) atoms. The van der Waals surface area contributed by atoms with Crippen LogP contribution in [0.5, 0.6) is 0 Å². The van der Waals surface area contributed by atoms with Gasteiger partial charge in [-0.3, -0.25) is 14.4 Å². The van der Waals surface area contributed by atoms with Crippen molar-refractivity contribution in [2.45, 2.75) is 32.6 Å². The number of ether oxygens (including phenoxy) is 1. The number of benzene rings is 1. The van der Waals surface area contributed by atoms with E-state index in [-0.39, 0.29) is 18.1 Å². The first-order chi connectivity index (χ1) is 14.6. The van der Waals surface area contributed by atoms with Crippen LogP contribution in [0.1, 0.15) is 29.8 Å². The third-order valence-electron chi connectivity index (χ3n) is 5.16. The number of thiophene rings is 1. The highest BCUT2D eigenvalue weighted by atomic mass is 32.1. The highest BCUT2D eigenvalue weighted by Crippen LogP contribution is 2.27. The molecule has 1 aromatic carbocycles. The summed E-state index contributed by atoms with van der Waals surface area (Å²) in [5, 5.41) is 9.82. The van der Waals surface area contributed by atoms with Gasteiger partial charge in [0.15, 0.2) is 0 Å². The maximum Gasteiger partial charge on any atom is 0.255 e. The Kier molecular flexibility index (Phi) is 6.62. The van der Waals surface area contributed by atoms with E-state index in [1.807, 2.05) is 46.6 Å². The topological polar surface area (TPSA) is 59.4 Å². The van der Waals surface area contributed by atoms with Gasteiger partial charge in [0.1, 0.15) is 5.69 Å². The summed E-state index contributed by atoms with van der Waals surface area (Å²) in [6, 6.07) is 14.2. The smallest absolute Gasteiger partial charge is 0.255 e. The molecule has 7 heteroatoms. The van der Waals surface area contributed by atoms with Crippen molar-refractivity contribution in [2.24, 2.45) is 0 Å². The van der Waals surface area contributed by atoms with Crippen molar-refractivity contribution in [3.05, 3.63) is 65.2 Å². The fourth-order valence-electron chi connectivity index (χ4n) is 3.92. The summed E-state index contributed by atoms with van der Waals surface area (Å²) < 4.78 is 7.63. The molecule has 158 valence electrons. The molecule has 3 heterocycles. The number of nitrogens with zero attached hydrogens (tertiary/aromatic N) is 3. The second-order valence-electron chi connectivity index (χ2n) is 7.82. The minimum absolute atomic E-state index is 0.0768. The average Bonchev–Trinajstić information content (AvgIpc) is 3.38. The highest BCUT2D eigenvalue weighted by molar-refractivity contribution is 7.13. The van der Waals surface area contributed by atoms with Crippen molar-refractivity contribution < 1.29 is 9.53 Å². The number of hydrogen-bond donors (Lipinski definition) is 1. The zero-order valence-corrected chi connectivity index (χ0v) is 18.3. The van der Waals surface area contributed by atoms with E-state index in [4.69, 9.17) is 9.84 Å². The van der Waals surface area contributed by atoms with Crippen molar-refractivity contribution in [2.75, 3.05) is 26.2 Å². The number of amides is 1. The maximum absolute atomic E-state index is 13.0. The molecule has 1 N–H and O–H groups in total. The molecule has 1 saturated heterocycles. The van der Waals surface area contributed by atoms with Gasteiger partial charge in [0, 0.05) is 32.4 Å². The van der Waals surface area contributed by atoms with Gasteiger partial charge >= 0.3 is 0 Å². The van der Waals surface area contributed by atoms with Gasteiger partial charge in [0.05, 0.1) is 29.2 Å². The van der Waals surface area contributed by atoms with Gasteiger partial charge in [-0.25, -0.2) is 0 Å². The lowest BCUT2D eigenvalue weighted by molar-refractivity contribution is -0.0672. The van der Waals surface area contributed by atoms with E-state index in [0.717, 1.165) is 35.8 Å². The molecule has 1 aliphatic heterocycles. The Labute approximate surface area is 181 Å². The predicted octanol–water partition coefficient (Wildman–Crippen LogP) is 3.50. The molecule has 3 aromatic rings. The van der Waals surface area contributed by atoms with Gasteiger partial charge in [-0.2, -0.15) is 5.10 Å². The Morgan fingerprint density at radius 3 is 2.63 bits per heavy atom. The standard InChI is InChI=1S/C23H28N4O2S/c1-17-13-26(14-18(2)29-17)11-10-24-23(28)20-16-27(15-19-7-4-3-5-8-19)25-22(20)21-9-6-12-30-21/h3-9,12,16-18H,10-11,13-15H2,1-2H3,(H,24,28). The fraction of sp³-hybridized carbons (Fsp3) is 0.391. The van der Waals surface area contributed by atoms with Crippen LogP contribution in [0.2, 0.25) is 0 Å². The van der Waals surface area contributed by atoms with Crippen molar-refractivity contribution in [3.8, 4) is 10.6 Å². The molecule has 0 spiro atoms. The van der Waals surface area contributed by atoms with Crippen LogP contribution in [-0.2, 0) is 11.3 Å². The van der Waals surface area contributed by atoms with Crippen LogP contribution in [0.15, 0.2) is 54.0 Å².